The predicted octanol–water partition coefficient (Wildman–Crippen LogP) is 5.33. The van der Waals surface area contributed by atoms with Crippen molar-refractivity contribution in [3.63, 3.8) is 0 Å². The van der Waals surface area contributed by atoms with Gasteiger partial charge in [0.2, 0.25) is 0 Å². The Morgan fingerprint density at radius 2 is 1.80 bits per heavy atom. The number of nitrogens with zero attached hydrogens (tertiary/aromatic N) is 2. The van der Waals surface area contributed by atoms with Gasteiger partial charge in [-0.1, -0.05) is 59.9 Å². The van der Waals surface area contributed by atoms with Crippen molar-refractivity contribution in [1.82, 2.24) is 4.98 Å². The van der Waals surface area contributed by atoms with Crippen LogP contribution in [-0.2, 0) is 9.59 Å². The highest BCUT2D eigenvalue weighted by molar-refractivity contribution is 7.22. The van der Waals surface area contributed by atoms with Gasteiger partial charge in [0, 0.05) is 11.1 Å². The van der Waals surface area contributed by atoms with Crippen LogP contribution in [-0.4, -0.2) is 35.5 Å². The zero-order chi connectivity index (χ0) is 24.5. The molecule has 8 heteroatoms. The molecule has 1 unspecified atom stereocenters. The fourth-order valence-corrected chi connectivity index (χ4v) is 5.24. The van der Waals surface area contributed by atoms with E-state index in [0.717, 1.165) is 4.70 Å². The smallest absolute Gasteiger partial charge is 0.301 e. The average Bonchev–Trinajstić information content (AvgIpc) is 3.42. The quantitative estimate of drug-likeness (QED) is 0.225. The van der Waals surface area contributed by atoms with Crippen molar-refractivity contribution in [1.29, 1.82) is 0 Å². The molecule has 5 rings (SSSR count). The maximum absolute atomic E-state index is 13.4. The molecule has 1 amide bonds. The number of benzene rings is 3. The fraction of sp³-hybridized carbons (Fsp3) is 0.148. The number of Topliss-reactive ketones (excluding diaryl/α,β-unsaturated/α-hetero) is 1. The van der Waals surface area contributed by atoms with Crippen LogP contribution < -0.4 is 14.4 Å². The van der Waals surface area contributed by atoms with Crippen molar-refractivity contribution in [2.24, 2.45) is 0 Å². The second kappa shape index (κ2) is 9.23. The largest absolute Gasteiger partial charge is 0.507 e. The highest BCUT2D eigenvalue weighted by Crippen LogP contribution is 2.46. The lowest BCUT2D eigenvalue weighted by Gasteiger charge is -2.24. The first-order chi connectivity index (χ1) is 17.0. The third-order valence-electron chi connectivity index (χ3n) is 5.79. The van der Waals surface area contributed by atoms with Gasteiger partial charge in [0.05, 0.1) is 29.5 Å². The molecule has 3 aromatic carbocycles. The molecular weight excluding hydrogens is 464 g/mol. The Bertz CT molecular complexity index is 1460. The third kappa shape index (κ3) is 3.91. The van der Waals surface area contributed by atoms with Gasteiger partial charge in [-0.05, 0) is 31.2 Å². The zero-order valence-corrected chi connectivity index (χ0v) is 19.9. The van der Waals surface area contributed by atoms with E-state index < -0.39 is 17.7 Å². The van der Waals surface area contributed by atoms with Crippen LogP contribution in [0.1, 0.15) is 24.1 Å². The number of amides is 1. The molecule has 2 heterocycles. The third-order valence-corrected chi connectivity index (χ3v) is 6.81. The van der Waals surface area contributed by atoms with Gasteiger partial charge in [-0.2, -0.15) is 0 Å². The molecule has 1 fully saturated rings. The number of hydrogen-bond acceptors (Lipinski definition) is 7. The highest BCUT2D eigenvalue weighted by Gasteiger charge is 2.49. The normalized spacial score (nSPS) is 17.2. The summed E-state index contributed by atoms with van der Waals surface area (Å²) in [6, 6.07) is 20.4. The Labute approximate surface area is 205 Å². The van der Waals surface area contributed by atoms with Crippen LogP contribution in [0.15, 0.2) is 78.4 Å². The van der Waals surface area contributed by atoms with Gasteiger partial charge in [-0.25, -0.2) is 4.98 Å². The van der Waals surface area contributed by atoms with E-state index in [1.165, 1.54) is 23.3 Å². The van der Waals surface area contributed by atoms with E-state index in [1.807, 2.05) is 31.2 Å². The number of anilines is 1. The number of carbonyl (C=O) groups excluding carboxylic acids is 2. The number of aliphatic hydroxyl groups excluding tert-OH is 1. The van der Waals surface area contributed by atoms with E-state index in [-0.39, 0.29) is 11.3 Å². The monoisotopic (exact) mass is 486 g/mol. The van der Waals surface area contributed by atoms with Crippen molar-refractivity contribution in [2.45, 2.75) is 13.0 Å². The summed E-state index contributed by atoms with van der Waals surface area (Å²) in [5.74, 6) is -0.605. The molecule has 4 aromatic rings. The van der Waals surface area contributed by atoms with Crippen molar-refractivity contribution in [3.05, 3.63) is 89.5 Å². The minimum absolute atomic E-state index is 0.0139. The molecular formula is C27H22N2O5S. The number of rotatable bonds is 6. The lowest BCUT2D eigenvalue weighted by molar-refractivity contribution is -0.132. The first kappa shape index (κ1) is 22.6. The number of aliphatic hydroxyl groups is 1. The van der Waals surface area contributed by atoms with E-state index in [0.29, 0.717) is 39.9 Å². The predicted molar refractivity (Wildman–Crippen MR) is 135 cm³/mol. The van der Waals surface area contributed by atoms with Crippen LogP contribution in [0.4, 0.5) is 5.13 Å². The minimum Gasteiger partial charge on any atom is -0.507 e. The fourth-order valence-electron chi connectivity index (χ4n) is 4.22. The van der Waals surface area contributed by atoms with Gasteiger partial charge < -0.3 is 14.6 Å². The summed E-state index contributed by atoms with van der Waals surface area (Å²) in [4.78, 5) is 32.8. The van der Waals surface area contributed by atoms with E-state index in [9.17, 15) is 14.7 Å². The number of carbonyl (C=O) groups is 2. The SMILES string of the molecule is CCOc1ccc2nc(N3C(=O)C(=O)/C(=C(/O)c4ccccc4)C3c3ccccc3OC)sc2c1. The zero-order valence-electron chi connectivity index (χ0n) is 19.1. The van der Waals surface area contributed by atoms with E-state index in [2.05, 4.69) is 4.98 Å². The molecule has 0 radical (unpaired) electrons. The molecule has 0 saturated carbocycles. The van der Waals surface area contributed by atoms with Crippen LogP contribution in [0.3, 0.4) is 0 Å². The number of ketones is 1. The molecule has 1 aromatic heterocycles. The Balaban J connectivity index is 1.73. The average molecular weight is 487 g/mol. The van der Waals surface area contributed by atoms with Gasteiger partial charge in [0.15, 0.2) is 5.13 Å². The van der Waals surface area contributed by atoms with E-state index >= 15 is 0 Å². The molecule has 1 saturated heterocycles. The molecule has 1 atom stereocenters. The lowest BCUT2D eigenvalue weighted by atomic mass is 9.95. The number of ether oxygens (including phenoxy) is 2. The summed E-state index contributed by atoms with van der Waals surface area (Å²) in [6.45, 7) is 2.43. The molecule has 35 heavy (non-hydrogen) atoms. The van der Waals surface area contributed by atoms with Gasteiger partial charge >= 0.3 is 5.91 Å². The maximum Gasteiger partial charge on any atom is 0.301 e. The molecule has 1 aliphatic rings. The summed E-state index contributed by atoms with van der Waals surface area (Å²) < 4.78 is 12.0. The number of thiazole rings is 1. The van der Waals surface area contributed by atoms with Gasteiger partial charge in [0.25, 0.3) is 5.78 Å². The second-order valence-electron chi connectivity index (χ2n) is 7.84. The lowest BCUT2D eigenvalue weighted by Crippen LogP contribution is -2.29. The summed E-state index contributed by atoms with van der Waals surface area (Å²) in [7, 11) is 1.52. The first-order valence-corrected chi connectivity index (χ1v) is 11.9. The van der Waals surface area contributed by atoms with Gasteiger partial charge in [-0.3, -0.25) is 14.5 Å². The standard InChI is InChI=1S/C27H22N2O5S/c1-3-34-17-13-14-19-21(15-17)35-27(28-19)29-23(18-11-7-8-12-20(18)33-2)22(25(31)26(29)32)24(30)16-9-5-4-6-10-16/h4-15,23,30H,3H2,1-2H3/b24-22+. The summed E-state index contributed by atoms with van der Waals surface area (Å²) in [5.41, 5.74) is 1.68. The number of hydrogen-bond donors (Lipinski definition) is 1. The van der Waals surface area contributed by atoms with Crippen molar-refractivity contribution >= 4 is 44.1 Å². The number of fused-ring (bicyclic) bond motifs is 1. The van der Waals surface area contributed by atoms with Crippen molar-refractivity contribution in [3.8, 4) is 11.5 Å². The number of aromatic nitrogens is 1. The minimum atomic E-state index is -0.918. The Morgan fingerprint density at radius 1 is 1.06 bits per heavy atom. The number of methoxy groups -OCH3 is 1. The van der Waals surface area contributed by atoms with Crippen LogP contribution in [0.2, 0.25) is 0 Å². The van der Waals surface area contributed by atoms with Crippen LogP contribution in [0, 0.1) is 0 Å². The Morgan fingerprint density at radius 3 is 2.54 bits per heavy atom. The summed E-state index contributed by atoms with van der Waals surface area (Å²) in [5, 5.41) is 11.6. The van der Waals surface area contributed by atoms with E-state index in [1.54, 1.807) is 48.5 Å². The maximum atomic E-state index is 13.4. The van der Waals surface area contributed by atoms with Crippen molar-refractivity contribution < 1.29 is 24.2 Å². The summed E-state index contributed by atoms with van der Waals surface area (Å²) >= 11 is 1.28. The van der Waals surface area contributed by atoms with Crippen LogP contribution in [0.5, 0.6) is 11.5 Å². The molecule has 1 N–H and O–H groups in total. The highest BCUT2D eigenvalue weighted by atomic mass is 32.1. The number of para-hydroxylation sites is 1. The van der Waals surface area contributed by atoms with Crippen LogP contribution in [0.25, 0.3) is 16.0 Å². The van der Waals surface area contributed by atoms with Gasteiger partial charge in [-0.15, -0.1) is 0 Å². The summed E-state index contributed by atoms with van der Waals surface area (Å²) in [6.07, 6.45) is 0. The Kier molecular flexibility index (Phi) is 5.96. The molecule has 0 bridgehead atoms. The van der Waals surface area contributed by atoms with Gasteiger partial charge in [0.1, 0.15) is 23.3 Å². The molecule has 0 aliphatic carbocycles. The molecule has 0 spiro atoms. The van der Waals surface area contributed by atoms with Crippen molar-refractivity contribution in [2.75, 3.05) is 18.6 Å². The topological polar surface area (TPSA) is 89.0 Å². The molecule has 176 valence electrons. The Hall–Kier alpha value is -4.17. The first-order valence-electron chi connectivity index (χ1n) is 11.1. The molecule has 7 nitrogen and oxygen atoms in total. The second-order valence-corrected chi connectivity index (χ2v) is 8.85. The van der Waals surface area contributed by atoms with E-state index in [4.69, 9.17) is 9.47 Å². The molecule has 1 aliphatic heterocycles. The van der Waals surface area contributed by atoms with Crippen LogP contribution >= 0.6 is 11.3 Å².